The third kappa shape index (κ3) is 4.08. The van der Waals surface area contributed by atoms with Gasteiger partial charge < -0.3 is 15.3 Å². The topological polar surface area (TPSA) is 86.7 Å². The molecule has 0 radical (unpaired) electrons. The summed E-state index contributed by atoms with van der Waals surface area (Å²) in [6.45, 7) is 6.00. The minimum atomic E-state index is -1.04. The first kappa shape index (κ1) is 18.3. The third-order valence-electron chi connectivity index (χ3n) is 4.19. The van der Waals surface area contributed by atoms with Crippen molar-refractivity contribution in [3.63, 3.8) is 0 Å². The second-order valence-corrected chi connectivity index (χ2v) is 7.21. The normalized spacial score (nSPS) is 18.5. The van der Waals surface area contributed by atoms with E-state index in [2.05, 4.69) is 5.32 Å². The number of aromatic carboxylic acids is 1. The summed E-state index contributed by atoms with van der Waals surface area (Å²) < 4.78 is 0. The first-order valence-electron chi connectivity index (χ1n) is 7.83. The average molecular weight is 350 g/mol. The molecule has 24 heavy (non-hydrogen) atoms. The fourth-order valence-electron chi connectivity index (χ4n) is 2.27. The Morgan fingerprint density at radius 3 is 2.29 bits per heavy atom. The van der Waals surface area contributed by atoms with Crippen LogP contribution in [0.5, 0.6) is 0 Å². The summed E-state index contributed by atoms with van der Waals surface area (Å²) in [6, 6.07) is 5.31. The summed E-state index contributed by atoms with van der Waals surface area (Å²) in [4.78, 5) is 37.5. The summed E-state index contributed by atoms with van der Waals surface area (Å²) >= 11 is 1.54. The minimum absolute atomic E-state index is 0.0369. The first-order valence-corrected chi connectivity index (χ1v) is 8.99. The van der Waals surface area contributed by atoms with Gasteiger partial charge in [0.15, 0.2) is 0 Å². The number of carbonyl (C=O) groups excluding carboxylic acids is 2. The molecule has 2 rings (SSSR count). The molecule has 1 fully saturated rings. The van der Waals surface area contributed by atoms with Crippen LogP contribution in [0.3, 0.4) is 0 Å². The predicted molar refractivity (Wildman–Crippen MR) is 93.1 cm³/mol. The Morgan fingerprint density at radius 1 is 1.17 bits per heavy atom. The van der Waals surface area contributed by atoms with E-state index in [-0.39, 0.29) is 23.4 Å². The molecule has 2 amide bonds. The summed E-state index contributed by atoms with van der Waals surface area (Å²) in [7, 11) is 0. The molecule has 7 heteroatoms. The third-order valence-corrected chi connectivity index (χ3v) is 5.21. The van der Waals surface area contributed by atoms with E-state index >= 15 is 0 Å². The molecule has 1 aromatic rings. The Balaban J connectivity index is 2.10. The fourth-order valence-corrected chi connectivity index (χ4v) is 3.42. The van der Waals surface area contributed by atoms with Crippen LogP contribution in [0.2, 0.25) is 0 Å². The lowest BCUT2D eigenvalue weighted by atomic mass is 10.1. The Kier molecular flexibility index (Phi) is 5.88. The number of benzene rings is 1. The number of hydrogen-bond donors (Lipinski definition) is 2. The van der Waals surface area contributed by atoms with Crippen LogP contribution in [-0.4, -0.2) is 51.5 Å². The van der Waals surface area contributed by atoms with E-state index in [1.807, 2.05) is 20.8 Å². The summed E-state index contributed by atoms with van der Waals surface area (Å²) in [6.07, 6.45) is 0. The molecule has 0 spiro atoms. The van der Waals surface area contributed by atoms with E-state index in [9.17, 15) is 14.4 Å². The van der Waals surface area contributed by atoms with Crippen LogP contribution in [0.25, 0.3) is 0 Å². The summed E-state index contributed by atoms with van der Waals surface area (Å²) in [5.74, 6) is -0.101. The van der Waals surface area contributed by atoms with Gasteiger partial charge in [-0.3, -0.25) is 9.59 Å². The lowest BCUT2D eigenvalue weighted by molar-refractivity contribution is -0.125. The van der Waals surface area contributed by atoms with E-state index in [4.69, 9.17) is 5.11 Å². The summed E-state index contributed by atoms with van der Waals surface area (Å²) in [5, 5.41) is 11.9. The van der Waals surface area contributed by atoms with E-state index < -0.39 is 12.0 Å². The lowest BCUT2D eigenvalue weighted by Crippen LogP contribution is -2.50. The lowest BCUT2D eigenvalue weighted by Gasteiger charge is -2.26. The largest absolute Gasteiger partial charge is 0.478 e. The zero-order chi connectivity index (χ0) is 17.9. The van der Waals surface area contributed by atoms with Crippen molar-refractivity contribution in [2.45, 2.75) is 32.9 Å². The molecule has 1 aromatic carbocycles. The number of amides is 2. The molecule has 1 aliphatic heterocycles. The Morgan fingerprint density at radius 2 is 1.75 bits per heavy atom. The predicted octanol–water partition coefficient (Wildman–Crippen LogP) is 2.06. The van der Waals surface area contributed by atoms with Crippen LogP contribution < -0.4 is 5.32 Å². The van der Waals surface area contributed by atoms with Crippen molar-refractivity contribution in [3.05, 3.63) is 35.4 Å². The van der Waals surface area contributed by atoms with Gasteiger partial charge in [0.1, 0.15) is 6.04 Å². The van der Waals surface area contributed by atoms with Crippen molar-refractivity contribution >= 4 is 29.5 Å². The van der Waals surface area contributed by atoms with Crippen molar-refractivity contribution in [1.82, 2.24) is 10.2 Å². The van der Waals surface area contributed by atoms with Gasteiger partial charge in [0, 0.05) is 17.4 Å². The minimum Gasteiger partial charge on any atom is -0.478 e. The molecule has 0 bridgehead atoms. The molecule has 2 unspecified atom stereocenters. The molecular formula is C17H22N2O4S. The van der Waals surface area contributed by atoms with E-state index in [1.165, 1.54) is 36.0 Å². The Hall–Kier alpha value is -2.02. The molecule has 2 N–H and O–H groups in total. The number of rotatable bonds is 5. The number of nitrogens with zero attached hydrogens (tertiary/aromatic N) is 1. The van der Waals surface area contributed by atoms with Crippen molar-refractivity contribution in [3.8, 4) is 0 Å². The monoisotopic (exact) mass is 350 g/mol. The molecule has 130 valence electrons. The van der Waals surface area contributed by atoms with Gasteiger partial charge in [0.2, 0.25) is 5.91 Å². The van der Waals surface area contributed by atoms with E-state index in [0.717, 1.165) is 0 Å². The molecule has 1 heterocycles. The van der Waals surface area contributed by atoms with Gasteiger partial charge >= 0.3 is 5.97 Å². The summed E-state index contributed by atoms with van der Waals surface area (Å²) in [5.41, 5.74) is 0.514. The standard InChI is InChI=1S/C17H22N2O4S/c1-10(2)11(3)18-15(20)14-8-24-9-19(14)16(21)12-4-6-13(7-5-12)17(22)23/h4-7,10-11,14H,8-9H2,1-3H3,(H,18,20)(H,22,23). The van der Waals surface area contributed by atoms with Crippen molar-refractivity contribution in [2.75, 3.05) is 11.6 Å². The van der Waals surface area contributed by atoms with Crippen molar-refractivity contribution < 1.29 is 19.5 Å². The van der Waals surface area contributed by atoms with Gasteiger partial charge in [0.05, 0.1) is 11.4 Å². The second-order valence-electron chi connectivity index (χ2n) is 6.21. The molecule has 6 nitrogen and oxygen atoms in total. The fraction of sp³-hybridized carbons (Fsp3) is 0.471. The van der Waals surface area contributed by atoms with Crippen LogP contribution in [-0.2, 0) is 4.79 Å². The number of thioether (sulfide) groups is 1. The molecule has 2 atom stereocenters. The zero-order valence-electron chi connectivity index (χ0n) is 14.0. The highest BCUT2D eigenvalue weighted by Gasteiger charge is 2.35. The van der Waals surface area contributed by atoms with E-state index in [0.29, 0.717) is 23.1 Å². The van der Waals surface area contributed by atoms with Crippen molar-refractivity contribution in [2.24, 2.45) is 5.92 Å². The molecule has 1 saturated heterocycles. The van der Waals surface area contributed by atoms with Crippen molar-refractivity contribution in [1.29, 1.82) is 0 Å². The molecular weight excluding hydrogens is 328 g/mol. The molecule has 0 aliphatic carbocycles. The molecule has 1 aliphatic rings. The van der Waals surface area contributed by atoms with E-state index in [1.54, 1.807) is 4.90 Å². The quantitative estimate of drug-likeness (QED) is 0.849. The maximum Gasteiger partial charge on any atom is 0.335 e. The second kappa shape index (κ2) is 7.70. The number of carboxylic acid groups (broad SMARTS) is 1. The number of carboxylic acids is 1. The highest BCUT2D eigenvalue weighted by molar-refractivity contribution is 7.99. The van der Waals surface area contributed by atoms with Gasteiger partial charge in [-0.05, 0) is 37.1 Å². The maximum atomic E-state index is 12.6. The van der Waals surface area contributed by atoms with Gasteiger partial charge in [0.25, 0.3) is 5.91 Å². The Bertz CT molecular complexity index is 630. The van der Waals surface area contributed by atoms with Crippen LogP contribution in [0.15, 0.2) is 24.3 Å². The highest BCUT2D eigenvalue weighted by Crippen LogP contribution is 2.24. The zero-order valence-corrected chi connectivity index (χ0v) is 14.8. The Labute approximate surface area is 145 Å². The van der Waals surface area contributed by atoms with Gasteiger partial charge in [-0.2, -0.15) is 0 Å². The number of nitrogens with one attached hydrogen (secondary N) is 1. The van der Waals surface area contributed by atoms with Gasteiger partial charge in [-0.15, -0.1) is 11.8 Å². The SMILES string of the molecule is CC(C)C(C)NC(=O)C1CSCN1C(=O)c1ccc(C(=O)O)cc1. The number of carbonyl (C=O) groups is 3. The molecule has 0 aromatic heterocycles. The van der Waals surface area contributed by atoms with Gasteiger partial charge in [-0.25, -0.2) is 4.79 Å². The van der Waals surface area contributed by atoms with Crippen LogP contribution in [0, 0.1) is 5.92 Å². The first-order chi connectivity index (χ1) is 11.3. The smallest absolute Gasteiger partial charge is 0.335 e. The van der Waals surface area contributed by atoms with Gasteiger partial charge in [-0.1, -0.05) is 13.8 Å². The van der Waals surface area contributed by atoms with Crippen LogP contribution in [0.1, 0.15) is 41.5 Å². The van der Waals surface area contributed by atoms with Crippen LogP contribution in [0.4, 0.5) is 0 Å². The average Bonchev–Trinajstić information content (AvgIpc) is 3.03. The number of hydrogen-bond acceptors (Lipinski definition) is 4. The molecule has 0 saturated carbocycles. The maximum absolute atomic E-state index is 12.6. The van der Waals surface area contributed by atoms with Crippen LogP contribution >= 0.6 is 11.8 Å². The highest BCUT2D eigenvalue weighted by atomic mass is 32.2.